The summed E-state index contributed by atoms with van der Waals surface area (Å²) in [6.07, 6.45) is 2.47. The standard InChI is InChI=1S/C10H8ClNO3S/c1-16(13,14)15-10-4-5-12-9-6-7(11)2-3-8(9)10/h2-6H,1H3. The average molecular weight is 258 g/mol. The van der Waals surface area contributed by atoms with E-state index in [1.807, 2.05) is 0 Å². The maximum Gasteiger partial charge on any atom is 0.306 e. The summed E-state index contributed by atoms with van der Waals surface area (Å²) in [7, 11) is -3.54. The summed E-state index contributed by atoms with van der Waals surface area (Å²) in [5.41, 5.74) is 0.591. The topological polar surface area (TPSA) is 56.3 Å². The Kier molecular flexibility index (Phi) is 2.73. The predicted molar refractivity (Wildman–Crippen MR) is 62.2 cm³/mol. The van der Waals surface area contributed by atoms with Crippen LogP contribution in [0.3, 0.4) is 0 Å². The average Bonchev–Trinajstić information content (AvgIpc) is 2.15. The number of hydrogen-bond acceptors (Lipinski definition) is 4. The smallest absolute Gasteiger partial charge is 0.306 e. The Morgan fingerprint density at radius 1 is 1.31 bits per heavy atom. The van der Waals surface area contributed by atoms with Crippen LogP contribution >= 0.6 is 11.6 Å². The van der Waals surface area contributed by atoms with E-state index in [1.54, 1.807) is 18.2 Å². The number of nitrogens with zero attached hydrogens (tertiary/aromatic N) is 1. The number of rotatable bonds is 2. The molecule has 0 unspecified atom stereocenters. The van der Waals surface area contributed by atoms with Gasteiger partial charge in [0, 0.05) is 22.7 Å². The zero-order valence-corrected chi connectivity index (χ0v) is 9.92. The third-order valence-corrected chi connectivity index (χ3v) is 2.62. The second kappa shape index (κ2) is 3.92. The molecule has 0 aliphatic rings. The molecule has 16 heavy (non-hydrogen) atoms. The van der Waals surface area contributed by atoms with E-state index in [-0.39, 0.29) is 5.75 Å². The Morgan fingerprint density at radius 2 is 2.06 bits per heavy atom. The molecular weight excluding hydrogens is 250 g/mol. The van der Waals surface area contributed by atoms with Crippen LogP contribution in [-0.4, -0.2) is 19.7 Å². The number of fused-ring (bicyclic) bond motifs is 1. The maximum absolute atomic E-state index is 11.0. The molecule has 1 aromatic heterocycles. The molecule has 0 saturated carbocycles. The van der Waals surface area contributed by atoms with Gasteiger partial charge in [0.2, 0.25) is 0 Å². The highest BCUT2D eigenvalue weighted by molar-refractivity contribution is 7.86. The zero-order valence-electron chi connectivity index (χ0n) is 8.34. The molecule has 4 nitrogen and oxygen atoms in total. The van der Waals surface area contributed by atoms with Crippen molar-refractivity contribution in [3.05, 3.63) is 35.5 Å². The van der Waals surface area contributed by atoms with E-state index in [0.29, 0.717) is 15.9 Å². The van der Waals surface area contributed by atoms with Crippen LogP contribution in [0.15, 0.2) is 30.5 Å². The zero-order chi connectivity index (χ0) is 11.8. The van der Waals surface area contributed by atoms with Gasteiger partial charge >= 0.3 is 10.1 Å². The molecule has 2 rings (SSSR count). The Hall–Kier alpha value is -1.33. The van der Waals surface area contributed by atoms with Crippen LogP contribution in [0.4, 0.5) is 0 Å². The van der Waals surface area contributed by atoms with Crippen molar-refractivity contribution in [1.29, 1.82) is 0 Å². The molecule has 0 amide bonds. The summed E-state index contributed by atoms with van der Waals surface area (Å²) in [6, 6.07) is 6.47. The summed E-state index contributed by atoms with van der Waals surface area (Å²) in [4.78, 5) is 4.07. The van der Waals surface area contributed by atoms with Crippen LogP contribution in [0.2, 0.25) is 5.02 Å². The molecule has 1 aromatic carbocycles. The molecule has 84 valence electrons. The number of halogens is 1. The van der Waals surface area contributed by atoms with Gasteiger partial charge in [-0.05, 0) is 18.2 Å². The molecule has 0 aliphatic carbocycles. The molecule has 0 atom stereocenters. The van der Waals surface area contributed by atoms with Crippen LogP contribution in [0.25, 0.3) is 10.9 Å². The van der Waals surface area contributed by atoms with Crippen molar-refractivity contribution in [3.63, 3.8) is 0 Å². The summed E-state index contributed by atoms with van der Waals surface area (Å²) in [6.45, 7) is 0. The van der Waals surface area contributed by atoms with E-state index < -0.39 is 10.1 Å². The first kappa shape index (κ1) is 11.2. The summed E-state index contributed by atoms with van der Waals surface area (Å²) < 4.78 is 26.9. The monoisotopic (exact) mass is 257 g/mol. The fourth-order valence-corrected chi connectivity index (χ4v) is 1.97. The molecule has 0 spiro atoms. The highest BCUT2D eigenvalue weighted by Crippen LogP contribution is 2.26. The van der Waals surface area contributed by atoms with Gasteiger partial charge in [-0.2, -0.15) is 8.42 Å². The number of pyridine rings is 1. The van der Waals surface area contributed by atoms with E-state index in [2.05, 4.69) is 4.98 Å². The van der Waals surface area contributed by atoms with Gasteiger partial charge in [0.25, 0.3) is 0 Å². The van der Waals surface area contributed by atoms with E-state index in [4.69, 9.17) is 15.8 Å². The van der Waals surface area contributed by atoms with Crippen LogP contribution in [-0.2, 0) is 10.1 Å². The first-order valence-corrected chi connectivity index (χ1v) is 6.59. The fourth-order valence-electron chi connectivity index (χ4n) is 1.33. The van der Waals surface area contributed by atoms with Gasteiger partial charge in [-0.3, -0.25) is 4.98 Å². The quantitative estimate of drug-likeness (QED) is 0.774. The normalized spacial score (nSPS) is 11.6. The van der Waals surface area contributed by atoms with Gasteiger partial charge in [-0.25, -0.2) is 0 Å². The number of aromatic nitrogens is 1. The molecule has 0 radical (unpaired) electrons. The molecule has 0 aliphatic heterocycles. The largest absolute Gasteiger partial charge is 0.382 e. The Bertz CT molecular complexity index is 640. The maximum atomic E-state index is 11.0. The van der Waals surface area contributed by atoms with Crippen molar-refractivity contribution >= 4 is 32.6 Å². The van der Waals surface area contributed by atoms with Crippen molar-refractivity contribution in [1.82, 2.24) is 4.98 Å². The Morgan fingerprint density at radius 3 is 2.75 bits per heavy atom. The van der Waals surface area contributed by atoms with Crippen molar-refractivity contribution in [2.24, 2.45) is 0 Å². The molecule has 2 aromatic rings. The minimum Gasteiger partial charge on any atom is -0.382 e. The molecule has 6 heteroatoms. The third kappa shape index (κ3) is 2.43. The Balaban J connectivity index is 2.63. The minimum absolute atomic E-state index is 0.254. The molecule has 0 saturated heterocycles. The van der Waals surface area contributed by atoms with Crippen molar-refractivity contribution < 1.29 is 12.6 Å². The lowest BCUT2D eigenvalue weighted by molar-refractivity contribution is 0.495. The van der Waals surface area contributed by atoms with Gasteiger partial charge in [-0.15, -0.1) is 0 Å². The number of hydrogen-bond donors (Lipinski definition) is 0. The van der Waals surface area contributed by atoms with Crippen LogP contribution in [0.1, 0.15) is 0 Å². The molecule has 0 N–H and O–H groups in total. The lowest BCUT2D eigenvalue weighted by Gasteiger charge is -2.06. The van der Waals surface area contributed by atoms with Crippen LogP contribution < -0.4 is 4.18 Å². The number of benzene rings is 1. The summed E-state index contributed by atoms with van der Waals surface area (Å²) in [5.74, 6) is 0.254. The van der Waals surface area contributed by atoms with Crippen molar-refractivity contribution in [2.75, 3.05) is 6.26 Å². The van der Waals surface area contributed by atoms with E-state index in [0.717, 1.165) is 6.26 Å². The van der Waals surface area contributed by atoms with E-state index >= 15 is 0 Å². The minimum atomic E-state index is -3.54. The lowest BCUT2D eigenvalue weighted by atomic mass is 10.2. The van der Waals surface area contributed by atoms with Crippen molar-refractivity contribution in [3.8, 4) is 5.75 Å². The molecule has 1 heterocycles. The third-order valence-electron chi connectivity index (χ3n) is 1.91. The van der Waals surface area contributed by atoms with Crippen LogP contribution in [0, 0.1) is 0 Å². The van der Waals surface area contributed by atoms with E-state index in [1.165, 1.54) is 12.3 Å². The van der Waals surface area contributed by atoms with Gasteiger partial charge in [-0.1, -0.05) is 11.6 Å². The van der Waals surface area contributed by atoms with Gasteiger partial charge in [0.1, 0.15) is 0 Å². The highest BCUT2D eigenvalue weighted by Gasteiger charge is 2.09. The first-order valence-electron chi connectivity index (χ1n) is 4.39. The Labute approximate surface area is 97.9 Å². The predicted octanol–water partition coefficient (Wildman–Crippen LogP) is 2.23. The first-order chi connectivity index (χ1) is 7.46. The SMILES string of the molecule is CS(=O)(=O)Oc1ccnc2cc(Cl)ccc12. The van der Waals surface area contributed by atoms with Crippen LogP contribution in [0.5, 0.6) is 5.75 Å². The second-order valence-corrected chi connectivity index (χ2v) is 5.27. The van der Waals surface area contributed by atoms with Gasteiger partial charge in [0.05, 0.1) is 11.8 Å². The molecule has 0 fully saturated rings. The second-order valence-electron chi connectivity index (χ2n) is 3.26. The van der Waals surface area contributed by atoms with E-state index in [9.17, 15) is 8.42 Å². The van der Waals surface area contributed by atoms with Crippen molar-refractivity contribution in [2.45, 2.75) is 0 Å². The van der Waals surface area contributed by atoms with Gasteiger partial charge in [0.15, 0.2) is 5.75 Å². The summed E-state index contributed by atoms with van der Waals surface area (Å²) in [5, 5.41) is 1.15. The molecular formula is C10H8ClNO3S. The highest BCUT2D eigenvalue weighted by atomic mass is 35.5. The molecule has 0 bridgehead atoms. The lowest BCUT2D eigenvalue weighted by Crippen LogP contribution is -2.06. The van der Waals surface area contributed by atoms with Gasteiger partial charge < -0.3 is 4.18 Å². The fraction of sp³-hybridized carbons (Fsp3) is 0.100. The summed E-state index contributed by atoms with van der Waals surface area (Å²) >= 11 is 5.81.